The molecule has 35 heavy (non-hydrogen) atoms. The number of nitrogens with zero attached hydrogens (tertiary/aromatic N) is 1. The Balaban J connectivity index is 1.61. The van der Waals surface area contributed by atoms with Crippen molar-refractivity contribution >= 4 is 11.6 Å². The maximum absolute atomic E-state index is 14.8. The van der Waals surface area contributed by atoms with Gasteiger partial charge in [0.25, 0.3) is 0 Å². The maximum atomic E-state index is 14.8. The Labute approximate surface area is 208 Å². The molecule has 3 unspecified atom stereocenters. The Morgan fingerprint density at radius 3 is 2.54 bits per heavy atom. The van der Waals surface area contributed by atoms with Crippen molar-refractivity contribution in [2.45, 2.75) is 64.8 Å². The van der Waals surface area contributed by atoms with Crippen LogP contribution in [0.2, 0.25) is 0 Å². The average molecular weight is 474 g/mol. The first-order valence-corrected chi connectivity index (χ1v) is 12.9. The van der Waals surface area contributed by atoms with E-state index in [-0.39, 0.29) is 23.6 Å². The second-order valence-electron chi connectivity index (χ2n) is 11.1. The lowest BCUT2D eigenvalue weighted by Crippen LogP contribution is -2.50. The summed E-state index contributed by atoms with van der Waals surface area (Å²) >= 11 is 0. The first-order chi connectivity index (χ1) is 16.8. The average Bonchev–Trinajstić information content (AvgIpc) is 2.85. The molecule has 1 fully saturated rings. The fourth-order valence-electron chi connectivity index (χ4n) is 6.32. The zero-order valence-electron chi connectivity index (χ0n) is 21.3. The summed E-state index contributed by atoms with van der Waals surface area (Å²) in [5.74, 6) is 1.66. The van der Waals surface area contributed by atoms with Crippen LogP contribution in [-0.4, -0.2) is 13.0 Å². The van der Waals surface area contributed by atoms with Gasteiger partial charge in [-0.05, 0) is 66.9 Å². The molecule has 184 valence electrons. The number of amides is 1. The van der Waals surface area contributed by atoms with Crippen LogP contribution < -0.4 is 9.64 Å². The SMILES string of the molecule is COc1cc(C2CC(C)C2)cc2c1C(C)C(C)(CC1CC=CC=C1F)C(=O)N2Cc1ccccc1. The largest absolute Gasteiger partial charge is 0.496 e. The van der Waals surface area contributed by atoms with Crippen molar-refractivity contribution in [2.24, 2.45) is 17.3 Å². The second-order valence-corrected chi connectivity index (χ2v) is 11.1. The fourth-order valence-corrected chi connectivity index (χ4v) is 6.32. The summed E-state index contributed by atoms with van der Waals surface area (Å²) in [6, 6.07) is 14.5. The number of halogens is 1. The predicted octanol–water partition coefficient (Wildman–Crippen LogP) is 7.68. The van der Waals surface area contributed by atoms with Crippen LogP contribution in [0.15, 0.2) is 66.5 Å². The van der Waals surface area contributed by atoms with E-state index in [0.29, 0.717) is 25.3 Å². The minimum Gasteiger partial charge on any atom is -0.496 e. The number of ether oxygens (including phenoxy) is 1. The molecule has 1 heterocycles. The lowest BCUT2D eigenvalue weighted by atomic mass is 9.64. The van der Waals surface area contributed by atoms with E-state index in [0.717, 1.165) is 28.5 Å². The van der Waals surface area contributed by atoms with Crippen molar-refractivity contribution < 1.29 is 13.9 Å². The van der Waals surface area contributed by atoms with Crippen LogP contribution in [0.3, 0.4) is 0 Å². The number of hydrogen-bond acceptors (Lipinski definition) is 2. The fraction of sp³-hybridized carbons (Fsp3) is 0.452. The molecule has 1 amide bonds. The summed E-state index contributed by atoms with van der Waals surface area (Å²) in [5.41, 5.74) is 3.61. The molecular formula is C31H36FNO2. The molecule has 4 heteroatoms. The normalized spacial score (nSPS) is 29.9. The maximum Gasteiger partial charge on any atom is 0.233 e. The minimum absolute atomic E-state index is 0.0740. The van der Waals surface area contributed by atoms with E-state index in [9.17, 15) is 9.18 Å². The van der Waals surface area contributed by atoms with Crippen LogP contribution in [0.25, 0.3) is 0 Å². The summed E-state index contributed by atoms with van der Waals surface area (Å²) in [4.78, 5) is 16.3. The highest BCUT2D eigenvalue weighted by Crippen LogP contribution is 2.55. The molecule has 2 aromatic carbocycles. The van der Waals surface area contributed by atoms with Crippen LogP contribution >= 0.6 is 0 Å². The van der Waals surface area contributed by atoms with Crippen LogP contribution in [0.5, 0.6) is 5.75 Å². The lowest BCUT2D eigenvalue weighted by Gasteiger charge is -2.47. The van der Waals surface area contributed by atoms with Crippen LogP contribution in [0.1, 0.15) is 75.0 Å². The van der Waals surface area contributed by atoms with Gasteiger partial charge < -0.3 is 9.64 Å². The first kappa shape index (κ1) is 23.8. The molecule has 2 aromatic rings. The number of carbonyl (C=O) groups excluding carboxylic acids is 1. The highest BCUT2D eigenvalue weighted by atomic mass is 19.1. The highest BCUT2D eigenvalue weighted by Gasteiger charge is 2.50. The third-order valence-corrected chi connectivity index (χ3v) is 8.68. The van der Waals surface area contributed by atoms with Crippen molar-refractivity contribution in [1.82, 2.24) is 0 Å². The standard InChI is InChI=1S/C31H36FNO2/c1-20-14-24(15-20)25-16-27-29(28(17-25)35-4)21(2)31(3,18-23-12-8-9-13-26(23)32)30(34)33(27)19-22-10-6-5-7-11-22/h5-11,13,16-17,20-21,23-24H,12,14-15,18-19H2,1-4H3. The number of fused-ring (bicyclic) bond motifs is 1. The van der Waals surface area contributed by atoms with Gasteiger partial charge >= 0.3 is 0 Å². The van der Waals surface area contributed by atoms with Gasteiger partial charge in [-0.15, -0.1) is 0 Å². The van der Waals surface area contributed by atoms with E-state index < -0.39 is 5.41 Å². The van der Waals surface area contributed by atoms with Crippen molar-refractivity contribution in [1.29, 1.82) is 0 Å². The molecule has 0 bridgehead atoms. The third kappa shape index (κ3) is 4.22. The molecular weight excluding hydrogens is 437 g/mol. The van der Waals surface area contributed by atoms with Gasteiger partial charge in [0.1, 0.15) is 11.6 Å². The highest BCUT2D eigenvalue weighted by molar-refractivity contribution is 6.02. The van der Waals surface area contributed by atoms with Gasteiger partial charge in [0, 0.05) is 17.4 Å². The summed E-state index contributed by atoms with van der Waals surface area (Å²) in [6.45, 7) is 6.92. The van der Waals surface area contributed by atoms with Crippen molar-refractivity contribution in [2.75, 3.05) is 12.0 Å². The Kier molecular flexibility index (Phi) is 6.33. The zero-order valence-corrected chi connectivity index (χ0v) is 21.3. The zero-order chi connectivity index (χ0) is 24.7. The molecule has 0 spiro atoms. The lowest BCUT2D eigenvalue weighted by molar-refractivity contribution is -0.130. The summed E-state index contributed by atoms with van der Waals surface area (Å²) in [5, 5.41) is 0. The molecule has 1 saturated carbocycles. The van der Waals surface area contributed by atoms with Gasteiger partial charge in [0.15, 0.2) is 0 Å². The number of methoxy groups -OCH3 is 1. The van der Waals surface area contributed by atoms with Gasteiger partial charge in [-0.2, -0.15) is 0 Å². The Hall–Kier alpha value is -2.88. The Bertz CT molecular complexity index is 1160. The van der Waals surface area contributed by atoms with Gasteiger partial charge in [0.2, 0.25) is 5.91 Å². The number of benzene rings is 2. The monoisotopic (exact) mass is 473 g/mol. The molecule has 2 aliphatic carbocycles. The third-order valence-electron chi connectivity index (χ3n) is 8.68. The van der Waals surface area contributed by atoms with Crippen LogP contribution in [0, 0.1) is 17.3 Å². The minimum atomic E-state index is -0.747. The molecule has 0 aromatic heterocycles. The summed E-state index contributed by atoms with van der Waals surface area (Å²) in [6.07, 6.45) is 8.73. The molecule has 0 radical (unpaired) electrons. The molecule has 3 aliphatic rings. The predicted molar refractivity (Wildman–Crippen MR) is 139 cm³/mol. The number of anilines is 1. The van der Waals surface area contributed by atoms with E-state index in [2.05, 4.69) is 38.1 Å². The van der Waals surface area contributed by atoms with Crippen LogP contribution in [0.4, 0.5) is 10.1 Å². The number of rotatable bonds is 6. The van der Waals surface area contributed by atoms with Gasteiger partial charge in [-0.25, -0.2) is 4.39 Å². The first-order valence-electron chi connectivity index (χ1n) is 12.9. The molecule has 1 aliphatic heterocycles. The van der Waals surface area contributed by atoms with E-state index >= 15 is 0 Å². The molecule has 5 rings (SSSR count). The second kappa shape index (κ2) is 9.29. The van der Waals surface area contributed by atoms with Crippen molar-refractivity contribution in [3.05, 3.63) is 83.2 Å². The topological polar surface area (TPSA) is 29.5 Å². The molecule has 3 atom stereocenters. The van der Waals surface area contributed by atoms with Gasteiger partial charge in [-0.1, -0.05) is 63.3 Å². The molecule has 0 N–H and O–H groups in total. The number of hydrogen-bond donors (Lipinski definition) is 0. The Morgan fingerprint density at radius 1 is 1.14 bits per heavy atom. The van der Waals surface area contributed by atoms with Gasteiger partial charge in [-0.3, -0.25) is 4.79 Å². The van der Waals surface area contributed by atoms with E-state index in [1.54, 1.807) is 13.2 Å². The molecule has 3 nitrogen and oxygen atoms in total. The van der Waals surface area contributed by atoms with E-state index in [4.69, 9.17) is 4.74 Å². The number of allylic oxidation sites excluding steroid dienone is 4. The smallest absolute Gasteiger partial charge is 0.233 e. The summed E-state index contributed by atoms with van der Waals surface area (Å²) in [7, 11) is 1.72. The van der Waals surface area contributed by atoms with E-state index in [1.807, 2.05) is 36.1 Å². The summed E-state index contributed by atoms with van der Waals surface area (Å²) < 4.78 is 20.8. The molecule has 0 saturated heterocycles. The van der Waals surface area contributed by atoms with E-state index in [1.165, 1.54) is 24.5 Å². The Morgan fingerprint density at radius 2 is 1.89 bits per heavy atom. The van der Waals surface area contributed by atoms with Crippen molar-refractivity contribution in [3.63, 3.8) is 0 Å². The number of carbonyl (C=O) groups is 1. The van der Waals surface area contributed by atoms with Crippen LogP contribution in [-0.2, 0) is 11.3 Å². The van der Waals surface area contributed by atoms with Gasteiger partial charge in [0.05, 0.1) is 24.8 Å². The quantitative estimate of drug-likeness (QED) is 0.430. The van der Waals surface area contributed by atoms with Crippen molar-refractivity contribution in [3.8, 4) is 5.75 Å².